The minimum absolute atomic E-state index is 0.103. The number of hydrogen-bond acceptors (Lipinski definition) is 6. The summed E-state index contributed by atoms with van der Waals surface area (Å²) in [6.45, 7) is 12.4. The van der Waals surface area contributed by atoms with Crippen molar-refractivity contribution in [2.75, 3.05) is 5.32 Å². The first kappa shape index (κ1) is 28.8. The second kappa shape index (κ2) is 11.5. The van der Waals surface area contributed by atoms with Gasteiger partial charge in [-0.25, -0.2) is 19.2 Å². The summed E-state index contributed by atoms with van der Waals surface area (Å²) in [6.07, 6.45) is 4.61. The molecule has 7 nitrogen and oxygen atoms in total. The largest absolute Gasteiger partial charge is 0.542 e. The first-order valence-electron chi connectivity index (χ1n) is 13.0. The lowest BCUT2D eigenvalue weighted by molar-refractivity contribution is -0.132. The van der Waals surface area contributed by atoms with Gasteiger partial charge in [0.05, 0.1) is 23.8 Å². The molecule has 208 valence electrons. The van der Waals surface area contributed by atoms with Gasteiger partial charge in [0.15, 0.2) is 11.6 Å². The summed E-state index contributed by atoms with van der Waals surface area (Å²) < 4.78 is 27.4. The van der Waals surface area contributed by atoms with E-state index in [4.69, 9.17) is 13.8 Å². The quantitative estimate of drug-likeness (QED) is 0.160. The normalized spacial score (nSPS) is 12.3. The SMILES string of the molecule is Cc1cccc(Cc2nc(-c3cccc(O[Si](C)(C)C(C)(C)C)c3F)cnc2N/C(=C/c2ccco2)C(=O)O)c1. The van der Waals surface area contributed by atoms with Crippen molar-refractivity contribution in [2.45, 2.75) is 52.2 Å². The Hall–Kier alpha value is -4.24. The molecule has 40 heavy (non-hydrogen) atoms. The van der Waals surface area contributed by atoms with Crippen molar-refractivity contribution in [1.29, 1.82) is 0 Å². The number of halogens is 1. The van der Waals surface area contributed by atoms with Crippen molar-refractivity contribution in [1.82, 2.24) is 9.97 Å². The Morgan fingerprint density at radius 1 is 1.15 bits per heavy atom. The lowest BCUT2D eigenvalue weighted by Crippen LogP contribution is -2.44. The van der Waals surface area contributed by atoms with Crippen LogP contribution in [-0.4, -0.2) is 29.4 Å². The highest BCUT2D eigenvalue weighted by atomic mass is 28.4. The average molecular weight is 560 g/mol. The third-order valence-electron chi connectivity index (χ3n) is 7.02. The van der Waals surface area contributed by atoms with Crippen LogP contribution in [0.4, 0.5) is 10.2 Å². The number of hydrogen-bond donors (Lipinski definition) is 2. The molecule has 9 heteroatoms. The van der Waals surface area contributed by atoms with Crippen LogP contribution >= 0.6 is 0 Å². The molecule has 0 atom stereocenters. The van der Waals surface area contributed by atoms with Crippen LogP contribution in [-0.2, 0) is 11.2 Å². The summed E-state index contributed by atoms with van der Waals surface area (Å²) in [6, 6.07) is 16.2. The van der Waals surface area contributed by atoms with Crippen LogP contribution in [0.3, 0.4) is 0 Å². The molecule has 2 aromatic heterocycles. The third kappa shape index (κ3) is 6.66. The van der Waals surface area contributed by atoms with Gasteiger partial charge in [0.1, 0.15) is 17.2 Å². The molecule has 2 N–H and O–H groups in total. The molecule has 0 saturated carbocycles. The minimum Gasteiger partial charge on any atom is -0.542 e. The first-order valence-corrected chi connectivity index (χ1v) is 15.9. The molecule has 4 rings (SSSR count). The van der Waals surface area contributed by atoms with Crippen LogP contribution in [0, 0.1) is 12.7 Å². The van der Waals surface area contributed by atoms with Crippen LogP contribution in [0.15, 0.2) is 77.2 Å². The van der Waals surface area contributed by atoms with Crippen molar-refractivity contribution >= 4 is 26.2 Å². The molecular weight excluding hydrogens is 525 g/mol. The van der Waals surface area contributed by atoms with E-state index in [-0.39, 0.29) is 27.9 Å². The molecule has 0 amide bonds. The number of carbonyl (C=O) groups is 1. The number of aryl methyl sites for hydroxylation is 1. The van der Waals surface area contributed by atoms with Crippen molar-refractivity contribution in [3.05, 3.63) is 101 Å². The zero-order chi connectivity index (χ0) is 29.1. The average Bonchev–Trinajstić information content (AvgIpc) is 3.38. The molecular formula is C31H34FN3O4Si. The fraction of sp³-hybridized carbons (Fsp3) is 0.258. The van der Waals surface area contributed by atoms with E-state index in [9.17, 15) is 9.90 Å². The van der Waals surface area contributed by atoms with E-state index >= 15 is 4.39 Å². The predicted molar refractivity (Wildman–Crippen MR) is 157 cm³/mol. The van der Waals surface area contributed by atoms with E-state index in [1.165, 1.54) is 18.5 Å². The topological polar surface area (TPSA) is 97.5 Å². The number of nitrogens with zero attached hydrogens (tertiary/aromatic N) is 2. The summed E-state index contributed by atoms with van der Waals surface area (Å²) >= 11 is 0. The Bertz CT molecular complexity index is 1540. The molecule has 2 heterocycles. The zero-order valence-electron chi connectivity index (χ0n) is 23.6. The molecule has 2 aromatic carbocycles. The number of aliphatic carboxylic acids is 1. The molecule has 0 aliphatic carbocycles. The Morgan fingerprint density at radius 2 is 1.90 bits per heavy atom. The van der Waals surface area contributed by atoms with E-state index in [1.54, 1.807) is 30.3 Å². The van der Waals surface area contributed by atoms with Crippen molar-refractivity contribution in [3.63, 3.8) is 0 Å². The second-order valence-electron chi connectivity index (χ2n) is 11.2. The Kier molecular flexibility index (Phi) is 8.25. The van der Waals surface area contributed by atoms with Gasteiger partial charge in [0.25, 0.3) is 8.32 Å². The highest BCUT2D eigenvalue weighted by Crippen LogP contribution is 2.39. The number of aromatic nitrogens is 2. The fourth-order valence-electron chi connectivity index (χ4n) is 3.81. The zero-order valence-corrected chi connectivity index (χ0v) is 24.6. The van der Waals surface area contributed by atoms with E-state index in [0.29, 0.717) is 23.6 Å². The Morgan fingerprint density at radius 3 is 2.55 bits per heavy atom. The fourth-order valence-corrected chi connectivity index (χ4v) is 4.82. The van der Waals surface area contributed by atoms with Gasteiger partial charge < -0.3 is 19.3 Å². The van der Waals surface area contributed by atoms with Crippen molar-refractivity contribution in [3.8, 4) is 17.0 Å². The molecule has 0 fully saturated rings. The number of nitrogens with one attached hydrogen (secondary N) is 1. The predicted octanol–water partition coefficient (Wildman–Crippen LogP) is 7.70. The van der Waals surface area contributed by atoms with Crippen molar-refractivity contribution in [2.24, 2.45) is 0 Å². The number of carboxylic acid groups (broad SMARTS) is 1. The molecule has 0 spiro atoms. The minimum atomic E-state index is -2.29. The van der Waals surface area contributed by atoms with Gasteiger partial charge in [-0.3, -0.25) is 0 Å². The molecule has 0 radical (unpaired) electrons. The number of anilines is 1. The Labute approximate surface area is 234 Å². The lowest BCUT2D eigenvalue weighted by atomic mass is 10.1. The van der Waals surface area contributed by atoms with Crippen LogP contribution < -0.4 is 9.74 Å². The van der Waals surface area contributed by atoms with E-state index in [1.807, 2.05) is 31.2 Å². The standard InChI is InChI=1S/C31H34FN3O4Si/c1-20-10-7-11-21(16-20)17-24-29(35-25(30(36)37)18-22-12-9-15-38-22)33-19-26(34-24)23-13-8-14-27(28(23)32)39-40(5,6)31(2,3)4/h7-16,18-19H,17H2,1-6H3,(H,33,35)(H,36,37)/b25-18+. The van der Waals surface area contributed by atoms with Crippen LogP contribution in [0.25, 0.3) is 17.3 Å². The van der Waals surface area contributed by atoms with E-state index < -0.39 is 20.1 Å². The highest BCUT2D eigenvalue weighted by Gasteiger charge is 2.39. The number of benzene rings is 2. The molecule has 0 aliphatic rings. The molecule has 0 saturated heterocycles. The molecule has 0 bridgehead atoms. The van der Waals surface area contributed by atoms with Crippen LogP contribution in [0.5, 0.6) is 5.75 Å². The molecule has 4 aromatic rings. The van der Waals surface area contributed by atoms with Gasteiger partial charge in [0.2, 0.25) is 0 Å². The van der Waals surface area contributed by atoms with Gasteiger partial charge in [0, 0.05) is 18.1 Å². The highest BCUT2D eigenvalue weighted by molar-refractivity contribution is 6.74. The van der Waals surface area contributed by atoms with Gasteiger partial charge >= 0.3 is 5.97 Å². The number of furan rings is 1. The smallest absolute Gasteiger partial charge is 0.352 e. The number of carboxylic acids is 1. The summed E-state index contributed by atoms with van der Waals surface area (Å²) in [4.78, 5) is 21.3. The summed E-state index contributed by atoms with van der Waals surface area (Å²) in [5.41, 5.74) is 2.92. The Balaban J connectivity index is 1.77. The van der Waals surface area contributed by atoms with Crippen LogP contribution in [0.2, 0.25) is 18.1 Å². The van der Waals surface area contributed by atoms with E-state index in [0.717, 1.165) is 11.1 Å². The molecule has 0 aliphatic heterocycles. The number of rotatable bonds is 9. The summed E-state index contributed by atoms with van der Waals surface area (Å²) in [7, 11) is -2.29. The van der Waals surface area contributed by atoms with Gasteiger partial charge in [-0.15, -0.1) is 0 Å². The molecule has 0 unspecified atom stereocenters. The third-order valence-corrected chi connectivity index (χ3v) is 11.4. The van der Waals surface area contributed by atoms with Crippen molar-refractivity contribution < 1.29 is 23.1 Å². The maximum absolute atomic E-state index is 15.8. The van der Waals surface area contributed by atoms with Crippen LogP contribution in [0.1, 0.15) is 43.4 Å². The van der Waals surface area contributed by atoms with Gasteiger partial charge in [-0.05, 0) is 54.9 Å². The lowest BCUT2D eigenvalue weighted by Gasteiger charge is -2.36. The van der Waals surface area contributed by atoms with Gasteiger partial charge in [-0.2, -0.15) is 0 Å². The summed E-state index contributed by atoms with van der Waals surface area (Å²) in [5, 5.41) is 12.6. The maximum Gasteiger partial charge on any atom is 0.352 e. The monoisotopic (exact) mass is 559 g/mol. The first-order chi connectivity index (χ1) is 18.8. The maximum atomic E-state index is 15.8. The van der Waals surface area contributed by atoms with Gasteiger partial charge in [-0.1, -0.05) is 56.7 Å². The van der Waals surface area contributed by atoms with E-state index in [2.05, 4.69) is 44.2 Å². The second-order valence-corrected chi connectivity index (χ2v) is 15.9. The summed E-state index contributed by atoms with van der Waals surface area (Å²) in [5.74, 6) is -0.893.